The maximum atomic E-state index is 3.35. The van der Waals surface area contributed by atoms with Gasteiger partial charge in [-0.15, -0.1) is 0 Å². The highest BCUT2D eigenvalue weighted by molar-refractivity contribution is 6.24. The Bertz CT molecular complexity index is 652. The highest BCUT2D eigenvalue weighted by Gasteiger charge is 2.06. The quantitative estimate of drug-likeness (QED) is 0.380. The van der Waals surface area contributed by atoms with Crippen molar-refractivity contribution in [2.24, 2.45) is 0 Å². The van der Waals surface area contributed by atoms with Gasteiger partial charge in [0.2, 0.25) is 0 Å². The topological polar surface area (TPSA) is 0 Å². The van der Waals surface area contributed by atoms with Crippen molar-refractivity contribution in [3.05, 3.63) is 72.8 Å². The molecule has 0 aliphatic carbocycles. The number of rotatable bonds is 0. The van der Waals surface area contributed by atoms with E-state index < -0.39 is 0 Å². The van der Waals surface area contributed by atoms with E-state index in [-0.39, 0.29) is 0 Å². The van der Waals surface area contributed by atoms with E-state index in [4.69, 9.17) is 0 Å². The fourth-order valence-corrected chi connectivity index (χ4v) is 2.69. The lowest BCUT2D eigenvalue weighted by molar-refractivity contribution is 1.76. The van der Waals surface area contributed by atoms with Crippen LogP contribution in [0.5, 0.6) is 0 Å². The summed E-state index contributed by atoms with van der Waals surface area (Å²) in [5, 5.41) is 7.40. The molecule has 0 N–H and O–H groups in total. The van der Waals surface area contributed by atoms with E-state index in [1.165, 1.54) is 21.5 Å². The second-order valence-corrected chi connectivity index (χ2v) is 4.46. The van der Waals surface area contributed by atoms with Crippen molar-refractivity contribution in [1.82, 2.24) is 0 Å². The molecule has 0 heteroatoms. The van der Waals surface area contributed by atoms with Gasteiger partial charge in [0.15, 0.2) is 0 Å². The molecule has 0 atom stereocenters. The third-order valence-electron chi connectivity index (χ3n) is 3.47. The lowest BCUT2D eigenvalue weighted by Gasteiger charge is -2.08. The van der Waals surface area contributed by atoms with Crippen molar-refractivity contribution < 1.29 is 0 Å². The number of hydrogen-bond donors (Lipinski definition) is 0. The zero-order chi connectivity index (χ0) is 11.9. The molecule has 0 nitrogen and oxygen atoms in total. The van der Waals surface area contributed by atoms with Gasteiger partial charge in [-0.05, 0) is 44.5 Å². The standard InChI is InChI=1S/C18H10/c1-2-8-14-13(7-1)15-9-3-4-11-17(15)18-12-6-5-10-16(14)18/h1-9,11H. The Labute approximate surface area is 105 Å². The lowest BCUT2D eigenvalue weighted by atomic mass is 9.95. The van der Waals surface area contributed by atoms with Crippen LogP contribution in [0.15, 0.2) is 60.7 Å². The van der Waals surface area contributed by atoms with Crippen molar-refractivity contribution in [3.8, 4) is 0 Å². The highest BCUT2D eigenvalue weighted by Crippen LogP contribution is 2.33. The molecule has 18 heavy (non-hydrogen) atoms. The lowest BCUT2D eigenvalue weighted by Crippen LogP contribution is -1.82. The van der Waals surface area contributed by atoms with Crippen molar-refractivity contribution in [3.63, 3.8) is 0 Å². The highest BCUT2D eigenvalue weighted by atomic mass is 14.1. The Morgan fingerprint density at radius 2 is 0.889 bits per heavy atom. The molecule has 4 aromatic carbocycles. The molecule has 0 aliphatic rings. The van der Waals surface area contributed by atoms with E-state index in [1.54, 1.807) is 0 Å². The fourth-order valence-electron chi connectivity index (χ4n) is 2.69. The van der Waals surface area contributed by atoms with Crippen LogP contribution in [0.4, 0.5) is 0 Å². The second kappa shape index (κ2) is 3.58. The first-order valence-corrected chi connectivity index (χ1v) is 6.07. The molecule has 0 aliphatic heterocycles. The maximum absolute atomic E-state index is 3.35. The van der Waals surface area contributed by atoms with E-state index in [2.05, 4.69) is 60.7 Å². The molecule has 0 fully saturated rings. The fraction of sp³-hybridized carbons (Fsp3) is 0. The molecule has 0 saturated carbocycles. The van der Waals surface area contributed by atoms with Crippen molar-refractivity contribution in [1.29, 1.82) is 0 Å². The first-order chi connectivity index (χ1) is 8.95. The largest absolute Gasteiger partial charge is 0.0616 e. The van der Waals surface area contributed by atoms with Crippen molar-refractivity contribution in [2.75, 3.05) is 0 Å². The molecule has 4 rings (SSSR count). The average Bonchev–Trinajstić information content (AvgIpc) is 2.48. The van der Waals surface area contributed by atoms with Gasteiger partial charge in [0, 0.05) is 0 Å². The van der Waals surface area contributed by atoms with Crippen LogP contribution in [0.2, 0.25) is 0 Å². The summed E-state index contributed by atoms with van der Waals surface area (Å²) < 4.78 is 0. The van der Waals surface area contributed by atoms with Crippen LogP contribution >= 0.6 is 0 Å². The zero-order valence-corrected chi connectivity index (χ0v) is 9.77. The molecular weight excluding hydrogens is 216 g/mol. The predicted molar refractivity (Wildman–Crippen MR) is 76.6 cm³/mol. The van der Waals surface area contributed by atoms with Crippen LogP contribution in [0.3, 0.4) is 0 Å². The molecule has 0 aromatic heterocycles. The first-order valence-electron chi connectivity index (χ1n) is 6.07. The van der Waals surface area contributed by atoms with Gasteiger partial charge in [-0.3, -0.25) is 0 Å². The van der Waals surface area contributed by atoms with E-state index in [0.29, 0.717) is 0 Å². The molecule has 0 heterocycles. The summed E-state index contributed by atoms with van der Waals surface area (Å²) in [5.41, 5.74) is 0. The van der Waals surface area contributed by atoms with Crippen molar-refractivity contribution >= 4 is 32.3 Å². The Morgan fingerprint density at radius 1 is 0.500 bits per heavy atom. The third kappa shape index (κ3) is 1.20. The molecule has 4 aromatic rings. The minimum atomic E-state index is 1.16. The molecule has 0 bridgehead atoms. The summed E-state index contributed by atoms with van der Waals surface area (Å²) in [5.74, 6) is 0. The monoisotopic (exact) mass is 226 g/mol. The molecule has 2 radical (unpaired) electrons. The summed E-state index contributed by atoms with van der Waals surface area (Å²) in [6.45, 7) is 0. The Balaban J connectivity index is 2.46. The maximum Gasteiger partial charge on any atom is -0.00139 e. The van der Waals surface area contributed by atoms with Crippen LogP contribution in [0.25, 0.3) is 32.3 Å². The van der Waals surface area contributed by atoms with E-state index in [1.807, 2.05) is 12.1 Å². The molecule has 0 spiro atoms. The molecule has 82 valence electrons. The van der Waals surface area contributed by atoms with Gasteiger partial charge in [-0.25, -0.2) is 0 Å². The van der Waals surface area contributed by atoms with Gasteiger partial charge < -0.3 is 0 Å². The summed E-state index contributed by atoms with van der Waals surface area (Å²) in [7, 11) is 0. The van der Waals surface area contributed by atoms with Crippen LogP contribution < -0.4 is 0 Å². The smallest absolute Gasteiger partial charge is 0.00139 e. The summed E-state index contributed by atoms with van der Waals surface area (Å²) >= 11 is 0. The van der Waals surface area contributed by atoms with Crippen LogP contribution in [0.1, 0.15) is 0 Å². The van der Waals surface area contributed by atoms with E-state index in [9.17, 15) is 0 Å². The number of benzene rings is 4. The normalized spacial score (nSPS) is 11.3. The van der Waals surface area contributed by atoms with Gasteiger partial charge in [-0.2, -0.15) is 0 Å². The summed E-state index contributed by atoms with van der Waals surface area (Å²) in [6.07, 6.45) is 0. The van der Waals surface area contributed by atoms with Gasteiger partial charge in [0.25, 0.3) is 0 Å². The van der Waals surface area contributed by atoms with Gasteiger partial charge >= 0.3 is 0 Å². The predicted octanol–water partition coefficient (Wildman–Crippen LogP) is 4.75. The van der Waals surface area contributed by atoms with Gasteiger partial charge in [0.05, 0.1) is 0 Å². The Hall–Kier alpha value is -2.34. The molecule has 0 amide bonds. The first kappa shape index (κ1) is 9.67. The summed E-state index contributed by atoms with van der Waals surface area (Å²) in [6, 6.07) is 27.6. The number of fused-ring (bicyclic) bond motifs is 6. The van der Waals surface area contributed by atoms with E-state index in [0.717, 1.165) is 10.8 Å². The molecule has 0 unspecified atom stereocenters. The zero-order valence-electron chi connectivity index (χ0n) is 9.77. The van der Waals surface area contributed by atoms with Crippen LogP contribution in [-0.2, 0) is 0 Å². The van der Waals surface area contributed by atoms with Gasteiger partial charge in [0.1, 0.15) is 0 Å². The molecular formula is C18H10. The van der Waals surface area contributed by atoms with Crippen molar-refractivity contribution in [2.45, 2.75) is 0 Å². The average molecular weight is 226 g/mol. The third-order valence-corrected chi connectivity index (χ3v) is 3.47. The number of hydrogen-bond acceptors (Lipinski definition) is 0. The Kier molecular flexibility index (Phi) is 1.92. The summed E-state index contributed by atoms with van der Waals surface area (Å²) in [4.78, 5) is 0. The Morgan fingerprint density at radius 3 is 1.33 bits per heavy atom. The SMILES string of the molecule is [c]1cc[c]c2c1c1ccccc1c1ccccc21. The van der Waals surface area contributed by atoms with Crippen LogP contribution in [-0.4, -0.2) is 0 Å². The van der Waals surface area contributed by atoms with Crippen LogP contribution in [0, 0.1) is 12.1 Å². The minimum absolute atomic E-state index is 1.16. The second-order valence-electron chi connectivity index (χ2n) is 4.46. The van der Waals surface area contributed by atoms with E-state index >= 15 is 0 Å². The van der Waals surface area contributed by atoms with Gasteiger partial charge in [-0.1, -0.05) is 60.7 Å². The molecule has 0 saturated heterocycles. The minimum Gasteiger partial charge on any atom is -0.0616 e.